The van der Waals surface area contributed by atoms with Gasteiger partial charge in [0.2, 0.25) is 0 Å². The van der Waals surface area contributed by atoms with Crippen molar-refractivity contribution in [2.24, 2.45) is 34.5 Å². The van der Waals surface area contributed by atoms with Crippen LogP contribution < -0.4 is 10.4 Å². The van der Waals surface area contributed by atoms with Crippen molar-refractivity contribution in [1.82, 2.24) is 0 Å². The highest BCUT2D eigenvalue weighted by Gasteiger charge is 2.70. The number of carbonyl (C=O) groups is 2. The van der Waals surface area contributed by atoms with Crippen LogP contribution in [0.1, 0.15) is 77.4 Å². The molecule has 1 aliphatic heterocycles. The van der Waals surface area contributed by atoms with Crippen LogP contribution in [0, 0.1) is 34.5 Å². The largest absolute Gasteiger partial charge is 0.484 e. The minimum absolute atomic E-state index is 0.0392. The lowest BCUT2D eigenvalue weighted by Gasteiger charge is -2.66. The Morgan fingerprint density at radius 2 is 1.65 bits per heavy atom. The van der Waals surface area contributed by atoms with Crippen LogP contribution in [0.2, 0.25) is 0 Å². The molecule has 4 saturated carbocycles. The maximum atomic E-state index is 13.4. The number of hydrogen-bond acceptors (Lipinski definition) is 9. The zero-order valence-electron chi connectivity index (χ0n) is 24.9. The average Bonchev–Trinajstić information content (AvgIpc) is 3.88. The van der Waals surface area contributed by atoms with Gasteiger partial charge in [0, 0.05) is 23.0 Å². The van der Waals surface area contributed by atoms with Crippen LogP contribution in [-0.2, 0) is 19.1 Å². The van der Waals surface area contributed by atoms with Gasteiger partial charge in [-0.3, -0.25) is 9.59 Å². The zero-order valence-corrected chi connectivity index (χ0v) is 24.9. The van der Waals surface area contributed by atoms with Crippen LogP contribution in [0.15, 0.2) is 45.6 Å². The summed E-state index contributed by atoms with van der Waals surface area (Å²) in [5.41, 5.74) is -2.66. The highest BCUT2D eigenvalue weighted by molar-refractivity contribution is 5.75. The summed E-state index contributed by atoms with van der Waals surface area (Å²) in [6.07, 6.45) is 1.77. The predicted octanol–water partition coefficient (Wildman–Crippen LogP) is 4.57. The van der Waals surface area contributed by atoms with E-state index in [1.165, 1.54) is 0 Å². The van der Waals surface area contributed by atoms with E-state index in [4.69, 9.17) is 18.6 Å². The van der Waals surface area contributed by atoms with E-state index >= 15 is 0 Å². The lowest BCUT2D eigenvalue weighted by atomic mass is 9.42. The topological polar surface area (TPSA) is 132 Å². The highest BCUT2D eigenvalue weighted by atomic mass is 16.6. The van der Waals surface area contributed by atoms with Crippen molar-refractivity contribution in [1.29, 1.82) is 0 Å². The van der Waals surface area contributed by atoms with E-state index in [1.54, 1.807) is 13.0 Å². The molecule has 0 unspecified atom stereocenters. The van der Waals surface area contributed by atoms with Gasteiger partial charge < -0.3 is 28.8 Å². The average molecular weight is 593 g/mol. The number of rotatable bonds is 6. The number of aliphatic hydroxyl groups excluding tert-OH is 2. The molecule has 5 aliphatic rings. The molecule has 9 heteroatoms. The van der Waals surface area contributed by atoms with Gasteiger partial charge in [0.05, 0.1) is 24.0 Å². The first-order valence-corrected chi connectivity index (χ1v) is 15.6. The number of carbonyl (C=O) groups excluding carboxylic acids is 2. The summed E-state index contributed by atoms with van der Waals surface area (Å²) in [6, 6.07) is 10.8. The molecule has 2 N–H and O–H groups in total. The first-order valence-electron chi connectivity index (χ1n) is 15.6. The monoisotopic (exact) mass is 592 g/mol. The molecular formula is C34H40O9. The number of ether oxygens (including phenoxy) is 3. The van der Waals surface area contributed by atoms with Crippen molar-refractivity contribution in [3.8, 4) is 17.1 Å². The van der Waals surface area contributed by atoms with Crippen molar-refractivity contribution in [2.45, 2.75) is 89.6 Å². The van der Waals surface area contributed by atoms with E-state index in [1.807, 2.05) is 37.3 Å². The standard InChI is InChI=1S/C34H40O9/c1-32-14-13-25(42-30(38)20-11-12-20)33(2,17-40-29(37)19-9-10-19)23(32)16-24(35)34(3)28(32)27(36)26-22(43-34)15-21(41-31(26)39)18-7-5-4-6-8-18/h4-8,15,19-20,23-25,27-28,35-36H,9-14,16-17H2,1-3H3/t23-,24+,25+,27+,28-,32+,33+,34-/m1/s1. The Hall–Kier alpha value is -3.17. The van der Waals surface area contributed by atoms with E-state index < -0.39 is 46.3 Å². The van der Waals surface area contributed by atoms with Gasteiger partial charge >= 0.3 is 17.6 Å². The third-order valence-corrected chi connectivity index (χ3v) is 11.3. The molecule has 0 bridgehead atoms. The van der Waals surface area contributed by atoms with Crippen LogP contribution in [0.4, 0.5) is 0 Å². The Balaban J connectivity index is 1.27. The van der Waals surface area contributed by atoms with Gasteiger partial charge in [-0.05, 0) is 63.2 Å². The first kappa shape index (κ1) is 28.6. The Morgan fingerprint density at radius 1 is 0.977 bits per heavy atom. The number of aliphatic hydroxyl groups is 2. The Labute approximate surface area is 250 Å². The second-order valence-electron chi connectivity index (χ2n) is 14.2. The quantitative estimate of drug-likeness (QED) is 0.463. The van der Waals surface area contributed by atoms with Gasteiger partial charge in [-0.1, -0.05) is 44.2 Å². The van der Waals surface area contributed by atoms with Crippen molar-refractivity contribution in [2.75, 3.05) is 6.61 Å². The molecule has 1 aromatic heterocycles. The maximum absolute atomic E-state index is 13.4. The van der Waals surface area contributed by atoms with Gasteiger partial charge in [0.1, 0.15) is 35.4 Å². The summed E-state index contributed by atoms with van der Waals surface area (Å²) in [5.74, 6) is -1.13. The smallest absolute Gasteiger partial charge is 0.345 e. The Morgan fingerprint density at radius 3 is 2.33 bits per heavy atom. The Bertz CT molecular complexity index is 1490. The van der Waals surface area contributed by atoms with Crippen LogP contribution in [0.3, 0.4) is 0 Å². The zero-order chi connectivity index (χ0) is 30.3. The minimum atomic E-state index is -1.28. The third-order valence-electron chi connectivity index (χ3n) is 11.3. The number of benzene rings is 1. The first-order chi connectivity index (χ1) is 20.5. The molecule has 0 radical (unpaired) electrons. The van der Waals surface area contributed by atoms with Gasteiger partial charge in [-0.2, -0.15) is 0 Å². The molecule has 4 fully saturated rings. The Kier molecular flexibility index (Phi) is 6.60. The fourth-order valence-corrected chi connectivity index (χ4v) is 8.55. The molecule has 2 heterocycles. The number of fused-ring (bicyclic) bond motifs is 4. The van der Waals surface area contributed by atoms with Crippen LogP contribution in [0.5, 0.6) is 5.75 Å². The van der Waals surface area contributed by atoms with E-state index in [0.717, 1.165) is 25.7 Å². The van der Waals surface area contributed by atoms with Crippen molar-refractivity contribution >= 4 is 11.9 Å². The van der Waals surface area contributed by atoms with Crippen LogP contribution in [0.25, 0.3) is 11.3 Å². The summed E-state index contributed by atoms with van der Waals surface area (Å²) in [6.45, 7) is 5.87. The van der Waals surface area contributed by atoms with Crippen LogP contribution in [-0.4, -0.2) is 46.6 Å². The van der Waals surface area contributed by atoms with E-state index in [2.05, 4.69) is 6.92 Å². The fraction of sp³-hybridized carbons (Fsp3) is 0.618. The van der Waals surface area contributed by atoms with E-state index in [9.17, 15) is 24.6 Å². The molecule has 7 rings (SSSR count). The van der Waals surface area contributed by atoms with Crippen molar-refractivity contribution in [3.63, 3.8) is 0 Å². The molecule has 0 saturated heterocycles. The lowest BCUT2D eigenvalue weighted by Crippen LogP contribution is -2.71. The molecule has 0 spiro atoms. The molecule has 230 valence electrons. The van der Waals surface area contributed by atoms with E-state index in [0.29, 0.717) is 24.2 Å². The molecule has 4 aliphatic carbocycles. The normalized spacial score (nSPS) is 38.1. The lowest BCUT2D eigenvalue weighted by molar-refractivity contribution is -0.267. The predicted molar refractivity (Wildman–Crippen MR) is 154 cm³/mol. The minimum Gasteiger partial charge on any atom is -0.484 e. The highest BCUT2D eigenvalue weighted by Crippen LogP contribution is 2.67. The fourth-order valence-electron chi connectivity index (χ4n) is 8.55. The maximum Gasteiger partial charge on any atom is 0.345 e. The SMILES string of the molecule is C[C@]1(COC(=O)C2CC2)[C@@H]2C[C@H](O)[C@@]3(C)Oc4cc(-c5ccccc5)oc(=O)c4[C@H](O)[C@@H]3[C@@]2(C)CC[C@@H]1OC(=O)C1CC1. The summed E-state index contributed by atoms with van der Waals surface area (Å²) in [5, 5.41) is 23.9. The van der Waals surface area contributed by atoms with Crippen LogP contribution >= 0.6 is 0 Å². The molecule has 43 heavy (non-hydrogen) atoms. The second-order valence-corrected chi connectivity index (χ2v) is 14.2. The van der Waals surface area contributed by atoms with Gasteiger partial charge in [-0.15, -0.1) is 0 Å². The molecule has 9 nitrogen and oxygen atoms in total. The van der Waals surface area contributed by atoms with Crippen molar-refractivity contribution in [3.05, 3.63) is 52.4 Å². The van der Waals surface area contributed by atoms with Gasteiger partial charge in [-0.25, -0.2) is 4.79 Å². The van der Waals surface area contributed by atoms with Gasteiger partial charge in [0.25, 0.3) is 0 Å². The summed E-state index contributed by atoms with van der Waals surface area (Å²) < 4.78 is 24.2. The third kappa shape index (κ3) is 4.53. The molecule has 1 aromatic carbocycles. The number of esters is 2. The van der Waals surface area contributed by atoms with E-state index in [-0.39, 0.29) is 54.0 Å². The molecular weight excluding hydrogens is 552 g/mol. The molecule has 8 atom stereocenters. The number of hydrogen-bond donors (Lipinski definition) is 2. The van der Waals surface area contributed by atoms with Gasteiger partial charge in [0.15, 0.2) is 0 Å². The summed E-state index contributed by atoms with van der Waals surface area (Å²) >= 11 is 0. The second kappa shape index (κ2) is 9.92. The molecule has 2 aromatic rings. The summed E-state index contributed by atoms with van der Waals surface area (Å²) in [4.78, 5) is 39.0. The summed E-state index contributed by atoms with van der Waals surface area (Å²) in [7, 11) is 0. The van der Waals surface area contributed by atoms with Crippen molar-refractivity contribution < 1.29 is 38.4 Å². The molecule has 0 amide bonds.